The molecule has 6 rings (SSSR count). The van der Waals surface area contributed by atoms with Crippen molar-refractivity contribution in [1.29, 1.82) is 0 Å². The van der Waals surface area contributed by atoms with Crippen LogP contribution in [0.4, 0.5) is 0 Å². The summed E-state index contributed by atoms with van der Waals surface area (Å²) in [5.74, 6) is 0. The highest BCUT2D eigenvalue weighted by atomic mass is 32.1. The van der Waals surface area contributed by atoms with Crippen LogP contribution < -0.4 is 10.9 Å². The molecule has 0 spiro atoms. The third-order valence-corrected chi connectivity index (χ3v) is 11.9. The zero-order valence-electron chi connectivity index (χ0n) is 23.7. The first-order valence-corrected chi connectivity index (χ1v) is 16.9. The van der Waals surface area contributed by atoms with Crippen LogP contribution in [0.2, 0.25) is 13.4 Å². The molecule has 0 amide bonds. The van der Waals surface area contributed by atoms with E-state index >= 15 is 0 Å². The molecule has 0 saturated heterocycles. The summed E-state index contributed by atoms with van der Waals surface area (Å²) >= 11 is 5.53. The normalized spacial score (nSPS) is 13.5. The molecule has 0 saturated carbocycles. The van der Waals surface area contributed by atoms with Gasteiger partial charge in [-0.25, -0.2) is 4.98 Å². The first kappa shape index (κ1) is 28.5. The Balaban J connectivity index is 0.000000202. The second kappa shape index (κ2) is 13.5. The highest BCUT2D eigenvalue weighted by Gasteiger charge is 2.43. The number of thiocarbonyl (C=S) groups is 1. The summed E-state index contributed by atoms with van der Waals surface area (Å²) in [6, 6.07) is 42.8. The minimum absolute atomic E-state index is 0.276. The van der Waals surface area contributed by atoms with Gasteiger partial charge in [0.05, 0.1) is 11.5 Å². The highest BCUT2D eigenvalue weighted by molar-refractivity contribution is 7.80. The second-order valence-corrected chi connectivity index (χ2v) is 13.9. The van der Waals surface area contributed by atoms with Crippen molar-refractivity contribution >= 4 is 43.5 Å². The molecule has 1 atom stereocenters. The Morgan fingerprint density at radius 1 is 0.756 bits per heavy atom. The molecule has 5 heteroatoms. The summed E-state index contributed by atoms with van der Waals surface area (Å²) in [6.07, 6.45) is 13.5. The Morgan fingerprint density at radius 2 is 1.24 bits per heavy atom. The van der Waals surface area contributed by atoms with E-state index in [1.54, 1.807) is 0 Å². The molecule has 0 aliphatic heterocycles. The lowest BCUT2D eigenvalue weighted by Gasteiger charge is -2.42. The molecule has 4 aromatic carbocycles. The first-order valence-electron chi connectivity index (χ1n) is 14.2. The van der Waals surface area contributed by atoms with E-state index in [4.69, 9.17) is 12.2 Å². The van der Waals surface area contributed by atoms with Gasteiger partial charge in [-0.1, -0.05) is 175 Å². The van der Waals surface area contributed by atoms with Crippen LogP contribution in [0, 0.1) is 0 Å². The summed E-state index contributed by atoms with van der Waals surface area (Å²) in [5.41, 5.74) is 5.33. The third kappa shape index (κ3) is 6.32. The fourth-order valence-electron chi connectivity index (χ4n) is 5.83. The summed E-state index contributed by atoms with van der Waals surface area (Å²) in [7, 11) is -1.61. The van der Waals surface area contributed by atoms with Crippen LogP contribution >= 0.6 is 12.2 Å². The Morgan fingerprint density at radius 3 is 1.68 bits per heavy atom. The van der Waals surface area contributed by atoms with Crippen LogP contribution in [-0.4, -0.2) is 29.9 Å². The number of benzene rings is 4. The number of hydrogen-bond donors (Lipinski definition) is 0. The number of imidazole rings is 1. The lowest BCUT2D eigenvalue weighted by atomic mass is 9.43. The summed E-state index contributed by atoms with van der Waals surface area (Å²) in [4.78, 5) is 5.42. The fraction of sp³-hybridized carbons (Fsp3) is 0.111. The van der Waals surface area contributed by atoms with Crippen molar-refractivity contribution in [2.75, 3.05) is 0 Å². The molecule has 202 valence electrons. The van der Waals surface area contributed by atoms with Gasteiger partial charge < -0.3 is 4.57 Å². The standard InChI is InChI=1S/C23H22N2SSi.C13H13B/c1-27(22-14-8-13-21(26)17-22)23(25-16-15-24-18-25,19-9-4-2-5-10-19)20-11-6-3-7-12-20;1-14(12-8-4-2-5-9-12)13-10-6-3-7-11-13/h2-12,14-18,27H,13H2,1H3;2-11H,1H3. The maximum atomic E-state index is 5.53. The minimum Gasteiger partial charge on any atom is -0.326 e. The van der Waals surface area contributed by atoms with E-state index in [0.717, 1.165) is 11.3 Å². The van der Waals surface area contributed by atoms with E-state index in [9.17, 15) is 0 Å². The van der Waals surface area contributed by atoms with Crippen molar-refractivity contribution in [3.05, 3.63) is 175 Å². The average Bonchev–Trinajstić information content (AvgIpc) is 3.59. The molecule has 41 heavy (non-hydrogen) atoms. The van der Waals surface area contributed by atoms with Gasteiger partial charge in [0.15, 0.2) is 0 Å². The molecule has 0 fully saturated rings. The highest BCUT2D eigenvalue weighted by Crippen LogP contribution is 2.39. The topological polar surface area (TPSA) is 17.8 Å². The molecule has 2 nitrogen and oxygen atoms in total. The molecule has 0 radical (unpaired) electrons. The van der Waals surface area contributed by atoms with Crippen LogP contribution in [0.5, 0.6) is 0 Å². The van der Waals surface area contributed by atoms with Gasteiger partial charge in [0.25, 0.3) is 0 Å². The third-order valence-electron chi connectivity index (χ3n) is 8.02. The molecular formula is C36H35BN2SSi. The van der Waals surface area contributed by atoms with Crippen LogP contribution in [-0.2, 0) is 5.16 Å². The molecule has 1 aliphatic rings. The van der Waals surface area contributed by atoms with Crippen LogP contribution in [0.3, 0.4) is 0 Å². The van der Waals surface area contributed by atoms with Crippen molar-refractivity contribution in [1.82, 2.24) is 9.55 Å². The lowest BCUT2D eigenvalue weighted by Crippen LogP contribution is -2.49. The van der Waals surface area contributed by atoms with Crippen LogP contribution in [0.25, 0.3) is 0 Å². The maximum Gasteiger partial charge on any atom is 0.206 e. The predicted molar refractivity (Wildman–Crippen MR) is 183 cm³/mol. The molecule has 5 aromatic rings. The Bertz CT molecular complexity index is 1510. The van der Waals surface area contributed by atoms with Crippen molar-refractivity contribution < 1.29 is 0 Å². The van der Waals surface area contributed by atoms with Gasteiger partial charge in [-0.2, -0.15) is 0 Å². The second-order valence-electron chi connectivity index (χ2n) is 10.5. The monoisotopic (exact) mass is 566 g/mol. The van der Waals surface area contributed by atoms with Crippen molar-refractivity contribution in [3.8, 4) is 0 Å². The smallest absolute Gasteiger partial charge is 0.206 e. The molecule has 1 unspecified atom stereocenters. The van der Waals surface area contributed by atoms with Gasteiger partial charge in [0.1, 0.15) is 8.80 Å². The van der Waals surface area contributed by atoms with Gasteiger partial charge in [-0.15, -0.1) is 0 Å². The number of allylic oxidation sites excluding steroid dienone is 4. The molecule has 0 N–H and O–H groups in total. The Kier molecular flexibility index (Phi) is 9.40. The van der Waals surface area contributed by atoms with Crippen molar-refractivity contribution in [2.45, 2.75) is 25.0 Å². The zero-order chi connectivity index (χ0) is 28.5. The van der Waals surface area contributed by atoms with Gasteiger partial charge in [-0.05, 0) is 17.2 Å². The van der Waals surface area contributed by atoms with Crippen LogP contribution in [0.15, 0.2) is 163 Å². The van der Waals surface area contributed by atoms with Gasteiger partial charge in [0.2, 0.25) is 6.71 Å². The maximum absolute atomic E-state index is 5.53. The van der Waals surface area contributed by atoms with E-state index in [-0.39, 0.29) is 5.16 Å². The Labute approximate surface area is 251 Å². The molecule has 0 bridgehead atoms. The number of hydrogen-bond acceptors (Lipinski definition) is 2. The number of aromatic nitrogens is 2. The predicted octanol–water partition coefficient (Wildman–Crippen LogP) is 6.79. The minimum atomic E-state index is -1.61. The summed E-state index contributed by atoms with van der Waals surface area (Å²) < 4.78 is 2.29. The number of rotatable bonds is 7. The van der Waals surface area contributed by atoms with E-state index in [1.165, 1.54) is 27.2 Å². The fourth-order valence-corrected chi connectivity index (χ4v) is 9.53. The summed E-state index contributed by atoms with van der Waals surface area (Å²) in [6.45, 7) is 5.15. The molecular weight excluding hydrogens is 531 g/mol. The lowest BCUT2D eigenvalue weighted by molar-refractivity contribution is 0.586. The van der Waals surface area contributed by atoms with E-state index < -0.39 is 8.80 Å². The zero-order valence-corrected chi connectivity index (χ0v) is 25.6. The van der Waals surface area contributed by atoms with Crippen molar-refractivity contribution in [3.63, 3.8) is 0 Å². The van der Waals surface area contributed by atoms with E-state index in [1.807, 2.05) is 12.5 Å². The Hall–Kier alpha value is -4.06. The van der Waals surface area contributed by atoms with E-state index in [2.05, 4.69) is 169 Å². The summed E-state index contributed by atoms with van der Waals surface area (Å²) in [5, 5.41) is 1.11. The first-order chi connectivity index (χ1) is 20.1. The largest absolute Gasteiger partial charge is 0.326 e. The SMILES string of the molecule is CB(c1ccccc1)c1ccccc1.C[SiH](C1=CC(=S)CC=C1)C(c1ccccc1)(c1ccccc1)n1ccnc1. The number of nitrogens with zero attached hydrogens (tertiary/aromatic N) is 2. The quantitative estimate of drug-likeness (QED) is 0.160. The molecule has 1 heterocycles. The molecule has 1 aromatic heterocycles. The average molecular weight is 567 g/mol. The molecule has 1 aliphatic carbocycles. The van der Waals surface area contributed by atoms with Gasteiger partial charge in [0, 0.05) is 23.7 Å². The van der Waals surface area contributed by atoms with Gasteiger partial charge >= 0.3 is 0 Å². The van der Waals surface area contributed by atoms with Crippen LogP contribution in [0.1, 0.15) is 17.5 Å². The van der Waals surface area contributed by atoms with Gasteiger partial charge in [-0.3, -0.25) is 0 Å². The van der Waals surface area contributed by atoms with E-state index in [0.29, 0.717) is 6.71 Å². The van der Waals surface area contributed by atoms with Crippen molar-refractivity contribution in [2.24, 2.45) is 0 Å².